The molecule has 3 nitrogen and oxygen atoms in total. The van der Waals surface area contributed by atoms with Crippen molar-refractivity contribution < 1.29 is 8.78 Å². The first-order valence-electron chi connectivity index (χ1n) is 6.42. The van der Waals surface area contributed by atoms with Crippen LogP contribution in [0.1, 0.15) is 34.0 Å². The van der Waals surface area contributed by atoms with Crippen LogP contribution < -0.4 is 11.5 Å². The molecule has 3 rings (SSSR count). The van der Waals surface area contributed by atoms with Crippen molar-refractivity contribution in [3.05, 3.63) is 46.0 Å². The van der Waals surface area contributed by atoms with Gasteiger partial charge >= 0.3 is 0 Å². The summed E-state index contributed by atoms with van der Waals surface area (Å²) in [5.74, 6) is 0.107. The molecule has 106 valence electrons. The minimum Gasteiger partial charge on any atom is -0.375 e. The lowest BCUT2D eigenvalue weighted by atomic mass is 9.81. The summed E-state index contributed by atoms with van der Waals surface area (Å²) in [4.78, 5) is 5.48. The van der Waals surface area contributed by atoms with Crippen LogP contribution in [0.4, 0.5) is 13.9 Å². The lowest BCUT2D eigenvalue weighted by molar-refractivity contribution is 0.151. The zero-order chi connectivity index (χ0) is 14.3. The number of nitrogens with two attached hydrogens (primary N) is 2. The fraction of sp³-hybridized carbons (Fsp3) is 0.357. The summed E-state index contributed by atoms with van der Waals surface area (Å²) in [5.41, 5.74) is 14.0. The minimum absolute atomic E-state index is 0.0280. The quantitative estimate of drug-likeness (QED) is 0.895. The van der Waals surface area contributed by atoms with E-state index in [0.717, 1.165) is 29.0 Å². The summed E-state index contributed by atoms with van der Waals surface area (Å²) in [6.07, 6.45) is -0.974. The van der Waals surface area contributed by atoms with Gasteiger partial charge in [-0.1, -0.05) is 24.3 Å². The van der Waals surface area contributed by atoms with Crippen LogP contribution in [0.5, 0.6) is 0 Å². The van der Waals surface area contributed by atoms with Gasteiger partial charge in [0.05, 0.1) is 5.69 Å². The molecular formula is C14H15F2N3S. The molecule has 1 aromatic heterocycles. The van der Waals surface area contributed by atoms with Gasteiger partial charge in [-0.05, 0) is 18.4 Å². The van der Waals surface area contributed by atoms with Crippen molar-refractivity contribution in [3.63, 3.8) is 0 Å². The average Bonchev–Trinajstić information content (AvgIpc) is 2.77. The second-order valence-electron chi connectivity index (χ2n) is 5.07. The Balaban J connectivity index is 1.87. The van der Waals surface area contributed by atoms with Crippen LogP contribution >= 0.6 is 11.3 Å². The van der Waals surface area contributed by atoms with Crippen LogP contribution in [0.3, 0.4) is 0 Å². The smallest absolute Gasteiger partial charge is 0.263 e. The number of nitrogens with zero attached hydrogens (tertiary/aromatic N) is 1. The highest BCUT2D eigenvalue weighted by Crippen LogP contribution is 2.35. The van der Waals surface area contributed by atoms with E-state index in [2.05, 4.69) is 4.98 Å². The average molecular weight is 295 g/mol. The standard InChI is InChI=1S/C14H15F2N3S/c15-13(16)8-3-1-7(2-4-8)9-5-11-12(6-10(9)17)20-14(18)19-11/h1-4,9-10,13H,5-6,17H2,(H2,18,19). The van der Waals surface area contributed by atoms with E-state index in [-0.39, 0.29) is 17.5 Å². The third kappa shape index (κ3) is 2.41. The molecule has 0 saturated carbocycles. The first-order valence-corrected chi connectivity index (χ1v) is 7.24. The molecule has 2 aromatic rings. The van der Waals surface area contributed by atoms with E-state index in [4.69, 9.17) is 11.5 Å². The van der Waals surface area contributed by atoms with Crippen LogP contribution in [0.25, 0.3) is 0 Å². The third-order valence-electron chi connectivity index (χ3n) is 3.76. The molecular weight excluding hydrogens is 280 g/mol. The van der Waals surface area contributed by atoms with Gasteiger partial charge in [0.2, 0.25) is 0 Å². The highest BCUT2D eigenvalue weighted by Gasteiger charge is 2.29. The van der Waals surface area contributed by atoms with Crippen molar-refractivity contribution in [2.45, 2.75) is 31.2 Å². The second-order valence-corrected chi connectivity index (χ2v) is 6.18. The summed E-state index contributed by atoms with van der Waals surface area (Å²) in [6.45, 7) is 0. The maximum Gasteiger partial charge on any atom is 0.263 e. The third-order valence-corrected chi connectivity index (χ3v) is 4.71. The van der Waals surface area contributed by atoms with Gasteiger partial charge in [-0.15, -0.1) is 11.3 Å². The number of rotatable bonds is 2. The molecule has 0 fully saturated rings. The fourth-order valence-corrected chi connectivity index (χ4v) is 3.62. The Morgan fingerprint density at radius 3 is 2.55 bits per heavy atom. The SMILES string of the molecule is Nc1nc2c(s1)CC(N)C(c1ccc(C(F)F)cc1)C2. The van der Waals surface area contributed by atoms with Crippen LogP contribution in [0, 0.1) is 0 Å². The number of benzene rings is 1. The Bertz CT molecular complexity index is 609. The van der Waals surface area contributed by atoms with Gasteiger partial charge < -0.3 is 11.5 Å². The molecule has 6 heteroatoms. The molecule has 4 N–H and O–H groups in total. The maximum absolute atomic E-state index is 12.6. The van der Waals surface area contributed by atoms with E-state index in [1.54, 1.807) is 12.1 Å². The van der Waals surface area contributed by atoms with Gasteiger partial charge in [0.15, 0.2) is 5.13 Å². The van der Waals surface area contributed by atoms with Crippen LogP contribution in [0.2, 0.25) is 0 Å². The lowest BCUT2D eigenvalue weighted by Gasteiger charge is -2.28. The molecule has 0 radical (unpaired) electrons. The van der Waals surface area contributed by atoms with E-state index in [9.17, 15) is 8.78 Å². The first kappa shape index (κ1) is 13.5. The van der Waals surface area contributed by atoms with Crippen molar-refractivity contribution in [3.8, 4) is 0 Å². The van der Waals surface area contributed by atoms with E-state index < -0.39 is 6.43 Å². The van der Waals surface area contributed by atoms with Crippen molar-refractivity contribution in [1.29, 1.82) is 0 Å². The van der Waals surface area contributed by atoms with Gasteiger partial charge in [-0.2, -0.15) is 0 Å². The number of hydrogen-bond donors (Lipinski definition) is 2. The van der Waals surface area contributed by atoms with Gasteiger partial charge in [0.25, 0.3) is 6.43 Å². The Labute approximate surface area is 119 Å². The molecule has 0 bridgehead atoms. The molecule has 1 aromatic carbocycles. The number of aromatic nitrogens is 1. The zero-order valence-electron chi connectivity index (χ0n) is 10.7. The number of fused-ring (bicyclic) bond motifs is 1. The first-order chi connectivity index (χ1) is 9.54. The Hall–Kier alpha value is -1.53. The number of halogens is 2. The van der Waals surface area contributed by atoms with Crippen molar-refractivity contribution in [1.82, 2.24) is 4.98 Å². The number of hydrogen-bond acceptors (Lipinski definition) is 4. The van der Waals surface area contributed by atoms with E-state index in [1.807, 2.05) is 0 Å². The van der Waals surface area contributed by atoms with Gasteiger partial charge in [0, 0.05) is 22.4 Å². The van der Waals surface area contributed by atoms with E-state index in [1.165, 1.54) is 23.5 Å². The molecule has 20 heavy (non-hydrogen) atoms. The molecule has 1 heterocycles. The number of alkyl halides is 2. The summed E-state index contributed by atoms with van der Waals surface area (Å²) in [6, 6.07) is 6.40. The van der Waals surface area contributed by atoms with E-state index >= 15 is 0 Å². The van der Waals surface area contributed by atoms with Crippen molar-refractivity contribution in [2.75, 3.05) is 5.73 Å². The van der Waals surface area contributed by atoms with Crippen molar-refractivity contribution in [2.24, 2.45) is 5.73 Å². The molecule has 1 aliphatic carbocycles. The molecule has 0 saturated heterocycles. The molecule has 0 spiro atoms. The molecule has 0 aliphatic heterocycles. The maximum atomic E-state index is 12.6. The van der Waals surface area contributed by atoms with Gasteiger partial charge in [-0.3, -0.25) is 0 Å². The summed E-state index contributed by atoms with van der Waals surface area (Å²) >= 11 is 1.49. The minimum atomic E-state index is -2.44. The predicted octanol–water partition coefficient (Wildman–Crippen LogP) is 2.87. The Kier molecular flexibility index (Phi) is 3.43. The van der Waals surface area contributed by atoms with Crippen LogP contribution in [-0.2, 0) is 12.8 Å². The number of thiazole rings is 1. The fourth-order valence-electron chi connectivity index (χ4n) is 2.69. The topological polar surface area (TPSA) is 64.9 Å². The highest BCUT2D eigenvalue weighted by atomic mass is 32.1. The molecule has 1 aliphatic rings. The molecule has 0 amide bonds. The van der Waals surface area contributed by atoms with Gasteiger partial charge in [-0.25, -0.2) is 13.8 Å². The number of anilines is 1. The van der Waals surface area contributed by atoms with Crippen LogP contribution in [0.15, 0.2) is 24.3 Å². The monoisotopic (exact) mass is 295 g/mol. The number of nitrogen functional groups attached to an aromatic ring is 1. The summed E-state index contributed by atoms with van der Waals surface area (Å²) in [7, 11) is 0. The molecule has 2 atom stereocenters. The lowest BCUT2D eigenvalue weighted by Crippen LogP contribution is -2.35. The Morgan fingerprint density at radius 1 is 1.20 bits per heavy atom. The van der Waals surface area contributed by atoms with Gasteiger partial charge in [0.1, 0.15) is 0 Å². The summed E-state index contributed by atoms with van der Waals surface area (Å²) in [5, 5.41) is 0.566. The summed E-state index contributed by atoms with van der Waals surface area (Å²) < 4.78 is 25.1. The highest BCUT2D eigenvalue weighted by molar-refractivity contribution is 7.15. The predicted molar refractivity (Wildman–Crippen MR) is 76.0 cm³/mol. The second kappa shape index (κ2) is 5.10. The van der Waals surface area contributed by atoms with Crippen molar-refractivity contribution >= 4 is 16.5 Å². The Morgan fingerprint density at radius 2 is 1.90 bits per heavy atom. The zero-order valence-corrected chi connectivity index (χ0v) is 11.5. The van der Waals surface area contributed by atoms with Crippen LogP contribution in [-0.4, -0.2) is 11.0 Å². The van der Waals surface area contributed by atoms with E-state index in [0.29, 0.717) is 5.13 Å². The molecule has 2 unspecified atom stereocenters. The normalized spacial score (nSPS) is 22.0. The largest absolute Gasteiger partial charge is 0.375 e.